The van der Waals surface area contributed by atoms with Crippen LogP contribution >= 0.6 is 23.2 Å². The molecular weight excluding hydrogens is 299 g/mol. The van der Waals surface area contributed by atoms with E-state index in [4.69, 9.17) is 27.9 Å². The van der Waals surface area contributed by atoms with Crippen molar-refractivity contribution >= 4 is 29.2 Å². The van der Waals surface area contributed by atoms with Crippen LogP contribution in [-0.2, 0) is 14.9 Å². The largest absolute Gasteiger partial charge is 0.465 e. The zero-order chi connectivity index (χ0) is 14.8. The zero-order valence-corrected chi connectivity index (χ0v) is 12.9. The van der Waals surface area contributed by atoms with Crippen LogP contribution in [0.1, 0.15) is 38.2 Å². The molecule has 1 saturated carbocycles. The van der Waals surface area contributed by atoms with E-state index < -0.39 is 11.5 Å². The Labute approximate surface area is 128 Å². The molecule has 3 nitrogen and oxygen atoms in total. The summed E-state index contributed by atoms with van der Waals surface area (Å²) in [4.78, 5) is 12.5. The van der Waals surface area contributed by atoms with Crippen LogP contribution in [0.3, 0.4) is 0 Å². The van der Waals surface area contributed by atoms with Crippen LogP contribution in [-0.4, -0.2) is 23.8 Å². The van der Waals surface area contributed by atoms with Crippen molar-refractivity contribution < 1.29 is 14.6 Å². The van der Waals surface area contributed by atoms with Gasteiger partial charge in [0.15, 0.2) is 0 Å². The molecule has 1 fully saturated rings. The lowest BCUT2D eigenvalue weighted by atomic mass is 9.67. The molecule has 0 radical (unpaired) electrons. The maximum Gasteiger partial charge on any atom is 0.319 e. The third-order valence-electron chi connectivity index (χ3n) is 3.94. The summed E-state index contributed by atoms with van der Waals surface area (Å²) in [5, 5.41) is 11.3. The first-order valence-electron chi connectivity index (χ1n) is 6.83. The van der Waals surface area contributed by atoms with Gasteiger partial charge in [-0.05, 0) is 37.5 Å². The Morgan fingerprint density at radius 1 is 1.40 bits per heavy atom. The minimum Gasteiger partial charge on any atom is -0.465 e. The minimum absolute atomic E-state index is 0.286. The number of benzene rings is 1. The zero-order valence-electron chi connectivity index (χ0n) is 11.4. The fourth-order valence-corrected chi connectivity index (χ4v) is 3.18. The van der Waals surface area contributed by atoms with E-state index in [1.807, 2.05) is 0 Å². The molecule has 0 saturated heterocycles. The van der Waals surface area contributed by atoms with Gasteiger partial charge in [-0.2, -0.15) is 0 Å². The summed E-state index contributed by atoms with van der Waals surface area (Å²) in [7, 11) is 0. The molecule has 0 aliphatic heterocycles. The summed E-state index contributed by atoms with van der Waals surface area (Å²) in [5.74, 6) is -0.384. The molecule has 1 aliphatic carbocycles. The van der Waals surface area contributed by atoms with Crippen LogP contribution in [0.15, 0.2) is 18.2 Å². The molecule has 1 aliphatic rings. The fraction of sp³-hybridized carbons (Fsp3) is 0.533. The predicted octanol–water partition coefficient (Wildman–Crippen LogP) is 3.73. The van der Waals surface area contributed by atoms with Gasteiger partial charge in [-0.15, -0.1) is 0 Å². The van der Waals surface area contributed by atoms with E-state index in [1.54, 1.807) is 25.1 Å². The van der Waals surface area contributed by atoms with Crippen LogP contribution < -0.4 is 0 Å². The van der Waals surface area contributed by atoms with Crippen molar-refractivity contribution in [3.05, 3.63) is 33.8 Å². The molecule has 0 spiro atoms. The quantitative estimate of drug-likeness (QED) is 0.864. The number of aliphatic hydroxyl groups is 1. The van der Waals surface area contributed by atoms with E-state index in [9.17, 15) is 9.90 Å². The summed E-state index contributed by atoms with van der Waals surface area (Å²) < 4.78 is 5.20. The number of halogens is 2. The highest BCUT2D eigenvalue weighted by molar-refractivity contribution is 6.42. The Morgan fingerprint density at radius 2 is 2.15 bits per heavy atom. The summed E-state index contributed by atoms with van der Waals surface area (Å²) in [6.45, 7) is 2.05. The Hall–Kier alpha value is -0.770. The first kappa shape index (κ1) is 15.6. The Bertz CT molecular complexity index is 504. The first-order chi connectivity index (χ1) is 9.52. The van der Waals surface area contributed by atoms with Crippen molar-refractivity contribution in [3.8, 4) is 0 Å². The Balaban J connectivity index is 2.50. The normalized spacial score (nSPS) is 26.3. The van der Waals surface area contributed by atoms with Gasteiger partial charge in [0, 0.05) is 0 Å². The SMILES string of the molecule is CCOC(=O)[C@]1(c2ccc(Cl)c(Cl)c2)CCCC[C@H]1O. The van der Waals surface area contributed by atoms with Crippen molar-refractivity contribution in [2.75, 3.05) is 6.61 Å². The van der Waals surface area contributed by atoms with Gasteiger partial charge in [0.05, 0.1) is 22.8 Å². The fourth-order valence-electron chi connectivity index (χ4n) is 2.88. The number of ether oxygens (including phenoxy) is 1. The third-order valence-corrected chi connectivity index (χ3v) is 4.68. The molecule has 0 amide bonds. The van der Waals surface area contributed by atoms with Crippen LogP contribution in [0.5, 0.6) is 0 Å². The van der Waals surface area contributed by atoms with Gasteiger partial charge in [0.25, 0.3) is 0 Å². The molecule has 1 N–H and O–H groups in total. The van der Waals surface area contributed by atoms with Crippen molar-refractivity contribution in [2.24, 2.45) is 0 Å². The molecule has 2 rings (SSSR count). The van der Waals surface area contributed by atoms with Crippen molar-refractivity contribution in [3.63, 3.8) is 0 Å². The third kappa shape index (κ3) is 2.67. The standard InChI is InChI=1S/C15H18Cl2O3/c1-2-20-14(19)15(8-4-3-5-13(15)18)10-6-7-11(16)12(17)9-10/h6-7,9,13,18H,2-5,8H2,1H3/t13-,15+/m1/s1. The van der Waals surface area contributed by atoms with E-state index in [-0.39, 0.29) is 12.6 Å². The number of hydrogen-bond acceptors (Lipinski definition) is 3. The maximum absolute atomic E-state index is 12.5. The minimum atomic E-state index is -1.03. The van der Waals surface area contributed by atoms with Gasteiger partial charge in [-0.25, -0.2) is 0 Å². The highest BCUT2D eigenvalue weighted by Crippen LogP contribution is 2.42. The maximum atomic E-state index is 12.5. The Kier molecular flexibility index (Phi) is 4.95. The number of aliphatic hydroxyl groups excluding tert-OH is 1. The molecule has 0 heterocycles. The average Bonchev–Trinajstić information content (AvgIpc) is 2.43. The Morgan fingerprint density at radius 3 is 2.75 bits per heavy atom. The number of esters is 1. The van der Waals surface area contributed by atoms with E-state index >= 15 is 0 Å². The molecule has 110 valence electrons. The highest BCUT2D eigenvalue weighted by atomic mass is 35.5. The lowest BCUT2D eigenvalue weighted by molar-refractivity contribution is -0.157. The smallest absolute Gasteiger partial charge is 0.319 e. The number of rotatable bonds is 3. The van der Waals surface area contributed by atoms with E-state index in [2.05, 4.69) is 0 Å². The van der Waals surface area contributed by atoms with Crippen molar-refractivity contribution in [1.29, 1.82) is 0 Å². The van der Waals surface area contributed by atoms with Gasteiger partial charge in [-0.1, -0.05) is 42.1 Å². The van der Waals surface area contributed by atoms with Gasteiger partial charge >= 0.3 is 5.97 Å². The summed E-state index contributed by atoms with van der Waals surface area (Å²) in [6, 6.07) is 5.07. The average molecular weight is 317 g/mol. The molecule has 20 heavy (non-hydrogen) atoms. The lowest BCUT2D eigenvalue weighted by Gasteiger charge is -2.39. The number of hydrogen-bond donors (Lipinski definition) is 1. The van der Waals surface area contributed by atoms with Gasteiger partial charge in [-0.3, -0.25) is 4.79 Å². The molecule has 5 heteroatoms. The van der Waals surface area contributed by atoms with E-state index in [1.165, 1.54) is 0 Å². The second-order valence-electron chi connectivity index (χ2n) is 5.08. The van der Waals surface area contributed by atoms with E-state index in [0.29, 0.717) is 28.5 Å². The van der Waals surface area contributed by atoms with Crippen LogP contribution in [0.2, 0.25) is 10.0 Å². The topological polar surface area (TPSA) is 46.5 Å². The summed E-state index contributed by atoms with van der Waals surface area (Å²) >= 11 is 12.0. The summed E-state index contributed by atoms with van der Waals surface area (Å²) in [5.41, 5.74) is -0.347. The van der Waals surface area contributed by atoms with Gasteiger partial charge in [0.2, 0.25) is 0 Å². The molecule has 1 aromatic rings. The van der Waals surface area contributed by atoms with Crippen LogP contribution in [0.25, 0.3) is 0 Å². The number of carbonyl (C=O) groups excluding carboxylic acids is 1. The monoisotopic (exact) mass is 316 g/mol. The lowest BCUT2D eigenvalue weighted by Crippen LogP contribution is -2.49. The molecule has 0 aromatic heterocycles. The van der Waals surface area contributed by atoms with Crippen LogP contribution in [0, 0.1) is 0 Å². The second kappa shape index (κ2) is 6.33. The molecule has 0 bridgehead atoms. The first-order valence-corrected chi connectivity index (χ1v) is 7.58. The van der Waals surface area contributed by atoms with Gasteiger partial charge < -0.3 is 9.84 Å². The summed E-state index contributed by atoms with van der Waals surface area (Å²) in [6.07, 6.45) is 2.16. The molecule has 0 unspecified atom stereocenters. The molecule has 1 aromatic carbocycles. The van der Waals surface area contributed by atoms with Gasteiger partial charge in [0.1, 0.15) is 5.41 Å². The number of carbonyl (C=O) groups is 1. The molecular formula is C15H18Cl2O3. The van der Waals surface area contributed by atoms with Crippen molar-refractivity contribution in [1.82, 2.24) is 0 Å². The van der Waals surface area contributed by atoms with E-state index in [0.717, 1.165) is 12.8 Å². The van der Waals surface area contributed by atoms with Crippen LogP contribution in [0.4, 0.5) is 0 Å². The second-order valence-corrected chi connectivity index (χ2v) is 5.90. The van der Waals surface area contributed by atoms with Crippen molar-refractivity contribution in [2.45, 2.75) is 44.1 Å². The molecule has 2 atom stereocenters. The highest BCUT2D eigenvalue weighted by Gasteiger charge is 2.49. The predicted molar refractivity (Wildman–Crippen MR) is 79.2 cm³/mol.